The molecule has 2 rings (SSSR count). The molecular formula is C11H14BrNO2. The molecule has 15 heavy (non-hydrogen) atoms. The van der Waals surface area contributed by atoms with Crippen LogP contribution < -0.4 is 10.1 Å². The van der Waals surface area contributed by atoms with Gasteiger partial charge in [-0.1, -0.05) is 22.0 Å². The van der Waals surface area contributed by atoms with E-state index in [2.05, 4.69) is 27.3 Å². The van der Waals surface area contributed by atoms with Crippen LogP contribution in [0.4, 0.5) is 0 Å². The zero-order chi connectivity index (χ0) is 10.7. The largest absolute Gasteiger partial charge is 0.497 e. The van der Waals surface area contributed by atoms with Crippen molar-refractivity contribution in [2.45, 2.75) is 6.04 Å². The maximum absolute atomic E-state index is 5.43. The Balaban J connectivity index is 2.19. The van der Waals surface area contributed by atoms with Gasteiger partial charge in [-0.25, -0.2) is 0 Å². The zero-order valence-corrected chi connectivity index (χ0v) is 10.2. The minimum absolute atomic E-state index is 0.277. The lowest BCUT2D eigenvalue weighted by Gasteiger charge is -2.25. The molecule has 1 aliphatic rings. The lowest BCUT2D eigenvalue weighted by molar-refractivity contribution is 0.0766. The van der Waals surface area contributed by atoms with Gasteiger partial charge in [0.25, 0.3) is 0 Å². The first-order chi connectivity index (χ1) is 7.31. The van der Waals surface area contributed by atoms with Crippen LogP contribution in [0.25, 0.3) is 0 Å². The van der Waals surface area contributed by atoms with Crippen LogP contribution in [0.5, 0.6) is 5.75 Å². The van der Waals surface area contributed by atoms with Gasteiger partial charge in [0.05, 0.1) is 26.4 Å². The Morgan fingerprint density at radius 2 is 2.40 bits per heavy atom. The summed E-state index contributed by atoms with van der Waals surface area (Å²) >= 11 is 3.55. The van der Waals surface area contributed by atoms with Crippen molar-refractivity contribution in [3.63, 3.8) is 0 Å². The van der Waals surface area contributed by atoms with Crippen molar-refractivity contribution < 1.29 is 9.47 Å². The molecule has 0 aliphatic carbocycles. The molecule has 1 heterocycles. The number of methoxy groups -OCH3 is 1. The minimum atomic E-state index is 0.277. The smallest absolute Gasteiger partial charge is 0.120 e. The summed E-state index contributed by atoms with van der Waals surface area (Å²) in [5, 5.41) is 3.42. The summed E-state index contributed by atoms with van der Waals surface area (Å²) in [6, 6.07) is 6.29. The molecule has 1 saturated heterocycles. The molecule has 4 heteroatoms. The lowest BCUT2D eigenvalue weighted by atomic mass is 10.1. The van der Waals surface area contributed by atoms with E-state index in [-0.39, 0.29) is 6.04 Å². The maximum Gasteiger partial charge on any atom is 0.120 e. The fraction of sp³-hybridized carbons (Fsp3) is 0.455. The Hall–Kier alpha value is -0.580. The van der Waals surface area contributed by atoms with Gasteiger partial charge in [0, 0.05) is 11.0 Å². The van der Waals surface area contributed by atoms with Crippen molar-refractivity contribution in [2.75, 3.05) is 26.9 Å². The molecule has 0 bridgehead atoms. The number of hydrogen-bond donors (Lipinski definition) is 1. The third-order valence-corrected chi connectivity index (χ3v) is 3.19. The van der Waals surface area contributed by atoms with Gasteiger partial charge in [-0.15, -0.1) is 0 Å². The van der Waals surface area contributed by atoms with Crippen LogP contribution >= 0.6 is 15.9 Å². The first-order valence-electron chi connectivity index (χ1n) is 4.96. The van der Waals surface area contributed by atoms with Crippen LogP contribution in [0.2, 0.25) is 0 Å². The van der Waals surface area contributed by atoms with E-state index in [0.717, 1.165) is 30.0 Å². The fourth-order valence-electron chi connectivity index (χ4n) is 1.68. The van der Waals surface area contributed by atoms with Gasteiger partial charge >= 0.3 is 0 Å². The molecule has 82 valence electrons. The molecule has 0 radical (unpaired) electrons. The van der Waals surface area contributed by atoms with E-state index in [4.69, 9.17) is 9.47 Å². The molecule has 1 unspecified atom stereocenters. The van der Waals surface area contributed by atoms with Gasteiger partial charge in [-0.2, -0.15) is 0 Å². The Morgan fingerprint density at radius 3 is 3.00 bits per heavy atom. The Morgan fingerprint density at radius 1 is 1.53 bits per heavy atom. The van der Waals surface area contributed by atoms with Gasteiger partial charge in [0.1, 0.15) is 5.75 Å². The molecule has 1 N–H and O–H groups in total. The molecular weight excluding hydrogens is 258 g/mol. The van der Waals surface area contributed by atoms with Crippen molar-refractivity contribution in [2.24, 2.45) is 0 Å². The Kier molecular flexibility index (Phi) is 3.61. The van der Waals surface area contributed by atoms with Crippen LogP contribution in [-0.2, 0) is 4.74 Å². The second kappa shape index (κ2) is 4.96. The summed E-state index contributed by atoms with van der Waals surface area (Å²) in [6.45, 7) is 2.43. The summed E-state index contributed by atoms with van der Waals surface area (Å²) in [5.74, 6) is 0.863. The number of morpholine rings is 1. The highest BCUT2D eigenvalue weighted by Crippen LogP contribution is 2.28. The van der Waals surface area contributed by atoms with Crippen molar-refractivity contribution in [1.29, 1.82) is 0 Å². The average molecular weight is 272 g/mol. The first kappa shape index (κ1) is 10.9. The predicted octanol–water partition coefficient (Wildman–Crippen LogP) is 2.12. The van der Waals surface area contributed by atoms with Crippen molar-refractivity contribution in [3.8, 4) is 5.75 Å². The van der Waals surface area contributed by atoms with Crippen molar-refractivity contribution >= 4 is 15.9 Å². The number of rotatable bonds is 2. The minimum Gasteiger partial charge on any atom is -0.497 e. The van der Waals surface area contributed by atoms with Gasteiger partial charge in [0.2, 0.25) is 0 Å². The number of halogens is 1. The Labute approximate surface area is 97.9 Å². The number of ether oxygens (including phenoxy) is 2. The molecule has 1 atom stereocenters. The molecule has 1 aliphatic heterocycles. The quantitative estimate of drug-likeness (QED) is 0.894. The zero-order valence-electron chi connectivity index (χ0n) is 8.63. The molecule has 1 fully saturated rings. The summed E-state index contributed by atoms with van der Waals surface area (Å²) in [5.41, 5.74) is 1.22. The molecule has 0 spiro atoms. The molecule has 0 saturated carbocycles. The van der Waals surface area contributed by atoms with E-state index in [0.29, 0.717) is 0 Å². The third-order valence-electron chi connectivity index (χ3n) is 2.50. The van der Waals surface area contributed by atoms with Crippen LogP contribution in [0, 0.1) is 0 Å². The molecule has 1 aromatic carbocycles. The highest BCUT2D eigenvalue weighted by atomic mass is 79.9. The lowest BCUT2D eigenvalue weighted by Crippen LogP contribution is -2.34. The van der Waals surface area contributed by atoms with E-state index >= 15 is 0 Å². The van der Waals surface area contributed by atoms with E-state index < -0.39 is 0 Å². The topological polar surface area (TPSA) is 30.5 Å². The van der Waals surface area contributed by atoms with Crippen LogP contribution in [-0.4, -0.2) is 26.9 Å². The summed E-state index contributed by atoms with van der Waals surface area (Å²) < 4.78 is 11.6. The van der Waals surface area contributed by atoms with Gasteiger partial charge < -0.3 is 14.8 Å². The van der Waals surface area contributed by atoms with Crippen LogP contribution in [0.3, 0.4) is 0 Å². The number of hydrogen-bond acceptors (Lipinski definition) is 3. The molecule has 0 aromatic heterocycles. The standard InChI is InChI=1S/C11H14BrNO2/c1-14-8-2-3-9(10(12)6-8)11-7-15-5-4-13-11/h2-3,6,11,13H,4-5,7H2,1H3. The second-order valence-electron chi connectivity index (χ2n) is 3.47. The van der Waals surface area contributed by atoms with Gasteiger partial charge in [-0.3, -0.25) is 0 Å². The highest BCUT2D eigenvalue weighted by molar-refractivity contribution is 9.10. The molecule has 1 aromatic rings. The van der Waals surface area contributed by atoms with E-state index in [1.807, 2.05) is 12.1 Å². The summed E-state index contributed by atoms with van der Waals surface area (Å²) in [7, 11) is 1.67. The van der Waals surface area contributed by atoms with E-state index in [1.165, 1.54) is 5.56 Å². The predicted molar refractivity (Wildman–Crippen MR) is 62.3 cm³/mol. The van der Waals surface area contributed by atoms with E-state index in [9.17, 15) is 0 Å². The summed E-state index contributed by atoms with van der Waals surface area (Å²) in [4.78, 5) is 0. The monoisotopic (exact) mass is 271 g/mol. The number of benzene rings is 1. The van der Waals surface area contributed by atoms with Gasteiger partial charge in [0.15, 0.2) is 0 Å². The first-order valence-corrected chi connectivity index (χ1v) is 5.75. The number of nitrogens with one attached hydrogen (secondary N) is 1. The molecule has 0 amide bonds. The fourth-order valence-corrected chi connectivity index (χ4v) is 2.32. The normalized spacial score (nSPS) is 21.3. The SMILES string of the molecule is COc1ccc(C2COCCN2)c(Br)c1. The maximum atomic E-state index is 5.43. The van der Waals surface area contributed by atoms with Crippen LogP contribution in [0.1, 0.15) is 11.6 Å². The van der Waals surface area contributed by atoms with E-state index in [1.54, 1.807) is 7.11 Å². The average Bonchev–Trinajstić information content (AvgIpc) is 2.30. The van der Waals surface area contributed by atoms with Crippen molar-refractivity contribution in [3.05, 3.63) is 28.2 Å². The summed E-state index contributed by atoms with van der Waals surface area (Å²) in [6.07, 6.45) is 0. The Bertz CT molecular complexity index is 337. The molecule has 3 nitrogen and oxygen atoms in total. The third kappa shape index (κ3) is 2.51. The van der Waals surface area contributed by atoms with Crippen LogP contribution in [0.15, 0.2) is 22.7 Å². The van der Waals surface area contributed by atoms with Crippen molar-refractivity contribution in [1.82, 2.24) is 5.32 Å². The second-order valence-corrected chi connectivity index (χ2v) is 4.32. The van der Waals surface area contributed by atoms with Gasteiger partial charge in [-0.05, 0) is 17.7 Å². The highest BCUT2D eigenvalue weighted by Gasteiger charge is 2.17.